The molecule has 5 nitrogen and oxygen atoms in total. The van der Waals surface area contributed by atoms with Gasteiger partial charge in [0.2, 0.25) is 0 Å². The van der Waals surface area contributed by atoms with Crippen molar-refractivity contribution in [1.82, 2.24) is 9.78 Å². The fourth-order valence-corrected chi connectivity index (χ4v) is 1.93. The van der Waals surface area contributed by atoms with E-state index in [-0.39, 0.29) is 0 Å². The van der Waals surface area contributed by atoms with Crippen molar-refractivity contribution in [3.05, 3.63) is 11.3 Å². The maximum Gasteiger partial charge on any atom is 0.134 e. The standard InChI is InChI=1S/C11H20N4OS/c1-4-16-7-5-6-13-11-9(10(12)17)8(2)14-15(11)3/h13H,4-7H2,1-3H3,(H2,12,17). The Hall–Kier alpha value is -1.14. The molecule has 6 heteroatoms. The number of ether oxygens (including phenoxy) is 1. The van der Waals surface area contributed by atoms with Gasteiger partial charge in [0.05, 0.1) is 11.3 Å². The number of hydrogen-bond donors (Lipinski definition) is 2. The van der Waals surface area contributed by atoms with Crippen molar-refractivity contribution in [3.8, 4) is 0 Å². The fourth-order valence-electron chi connectivity index (χ4n) is 1.68. The van der Waals surface area contributed by atoms with Crippen molar-refractivity contribution in [1.29, 1.82) is 0 Å². The number of hydrogen-bond acceptors (Lipinski definition) is 4. The van der Waals surface area contributed by atoms with Gasteiger partial charge in [-0.05, 0) is 20.3 Å². The normalized spacial score (nSPS) is 10.5. The van der Waals surface area contributed by atoms with E-state index in [1.165, 1.54) is 0 Å². The molecule has 1 aromatic rings. The Morgan fingerprint density at radius 3 is 2.88 bits per heavy atom. The van der Waals surface area contributed by atoms with Gasteiger partial charge in [-0.3, -0.25) is 4.68 Å². The van der Waals surface area contributed by atoms with E-state index < -0.39 is 0 Å². The predicted molar refractivity (Wildman–Crippen MR) is 73.4 cm³/mol. The highest BCUT2D eigenvalue weighted by Gasteiger charge is 2.14. The molecule has 0 aliphatic heterocycles. The lowest BCUT2D eigenvalue weighted by Gasteiger charge is -2.09. The van der Waals surface area contributed by atoms with Crippen LogP contribution in [-0.4, -0.2) is 34.5 Å². The molecule has 0 unspecified atom stereocenters. The van der Waals surface area contributed by atoms with Crippen LogP contribution in [0.5, 0.6) is 0 Å². The van der Waals surface area contributed by atoms with E-state index in [1.807, 2.05) is 20.9 Å². The molecule has 0 spiro atoms. The summed E-state index contributed by atoms with van der Waals surface area (Å²) in [4.78, 5) is 0.378. The molecule has 0 fully saturated rings. The Bertz CT molecular complexity index is 389. The molecule has 1 rings (SSSR count). The second-order valence-corrected chi connectivity index (χ2v) is 4.21. The SMILES string of the molecule is CCOCCCNc1c(C(N)=S)c(C)nn1C. The lowest BCUT2D eigenvalue weighted by molar-refractivity contribution is 0.147. The molecule has 0 aliphatic rings. The number of aromatic nitrogens is 2. The van der Waals surface area contributed by atoms with Gasteiger partial charge in [-0.15, -0.1) is 0 Å². The van der Waals surface area contributed by atoms with Gasteiger partial charge in [0.15, 0.2) is 0 Å². The van der Waals surface area contributed by atoms with Crippen molar-refractivity contribution in [2.75, 3.05) is 25.1 Å². The van der Waals surface area contributed by atoms with Gasteiger partial charge in [0.1, 0.15) is 10.8 Å². The lowest BCUT2D eigenvalue weighted by atomic mass is 10.2. The van der Waals surface area contributed by atoms with Crippen molar-refractivity contribution in [2.45, 2.75) is 20.3 Å². The van der Waals surface area contributed by atoms with Crippen LogP contribution in [0.25, 0.3) is 0 Å². The van der Waals surface area contributed by atoms with Crippen LogP contribution >= 0.6 is 12.2 Å². The number of rotatable bonds is 7. The average Bonchev–Trinajstić information content (AvgIpc) is 2.53. The van der Waals surface area contributed by atoms with E-state index in [4.69, 9.17) is 22.7 Å². The van der Waals surface area contributed by atoms with Gasteiger partial charge in [-0.1, -0.05) is 12.2 Å². The van der Waals surface area contributed by atoms with E-state index in [1.54, 1.807) is 4.68 Å². The Morgan fingerprint density at radius 1 is 1.59 bits per heavy atom. The molecule has 0 saturated carbocycles. The topological polar surface area (TPSA) is 65.1 Å². The van der Waals surface area contributed by atoms with Crippen LogP contribution < -0.4 is 11.1 Å². The molecule has 96 valence electrons. The van der Waals surface area contributed by atoms with Crippen molar-refractivity contribution in [2.24, 2.45) is 12.8 Å². The van der Waals surface area contributed by atoms with E-state index in [9.17, 15) is 0 Å². The number of nitrogens with two attached hydrogens (primary N) is 1. The van der Waals surface area contributed by atoms with Gasteiger partial charge < -0.3 is 15.8 Å². The minimum Gasteiger partial charge on any atom is -0.389 e. The number of nitrogens with one attached hydrogen (secondary N) is 1. The van der Waals surface area contributed by atoms with Gasteiger partial charge in [0.25, 0.3) is 0 Å². The molecule has 3 N–H and O–H groups in total. The third kappa shape index (κ3) is 3.67. The molecule has 0 radical (unpaired) electrons. The van der Waals surface area contributed by atoms with Crippen molar-refractivity contribution in [3.63, 3.8) is 0 Å². The van der Waals surface area contributed by atoms with Gasteiger partial charge in [-0.2, -0.15) is 5.10 Å². The summed E-state index contributed by atoms with van der Waals surface area (Å²) in [6.07, 6.45) is 0.939. The van der Waals surface area contributed by atoms with Crippen LogP contribution in [0.3, 0.4) is 0 Å². The Morgan fingerprint density at radius 2 is 2.29 bits per heavy atom. The number of aryl methyl sites for hydroxylation is 2. The first-order chi connectivity index (χ1) is 8.07. The fraction of sp³-hybridized carbons (Fsp3) is 0.636. The zero-order chi connectivity index (χ0) is 12.8. The summed E-state index contributed by atoms with van der Waals surface area (Å²) in [6.45, 7) is 6.21. The highest BCUT2D eigenvalue weighted by molar-refractivity contribution is 7.80. The van der Waals surface area contributed by atoms with Gasteiger partial charge >= 0.3 is 0 Å². The Labute approximate surface area is 107 Å². The largest absolute Gasteiger partial charge is 0.389 e. The minimum absolute atomic E-state index is 0.378. The first-order valence-electron chi connectivity index (χ1n) is 5.73. The van der Waals surface area contributed by atoms with E-state index >= 15 is 0 Å². The van der Waals surface area contributed by atoms with E-state index in [0.29, 0.717) is 4.99 Å². The molecule has 0 bridgehead atoms. The first kappa shape index (κ1) is 13.9. The van der Waals surface area contributed by atoms with E-state index in [0.717, 1.165) is 43.3 Å². The number of thiocarbonyl (C=S) groups is 1. The highest BCUT2D eigenvalue weighted by Crippen LogP contribution is 2.18. The second kappa shape index (κ2) is 6.56. The third-order valence-corrected chi connectivity index (χ3v) is 2.63. The summed E-state index contributed by atoms with van der Waals surface area (Å²) >= 11 is 5.03. The first-order valence-corrected chi connectivity index (χ1v) is 6.13. The van der Waals surface area contributed by atoms with E-state index in [2.05, 4.69) is 10.4 Å². The van der Waals surface area contributed by atoms with Crippen LogP contribution in [0.15, 0.2) is 0 Å². The van der Waals surface area contributed by atoms with Crippen molar-refractivity contribution < 1.29 is 4.74 Å². The quantitative estimate of drug-likeness (QED) is 0.567. The molecule has 1 aromatic heterocycles. The molecule has 1 heterocycles. The van der Waals surface area contributed by atoms with Gasteiger partial charge in [0, 0.05) is 26.8 Å². The minimum atomic E-state index is 0.378. The maximum atomic E-state index is 5.69. The van der Waals surface area contributed by atoms with Crippen LogP contribution in [0.4, 0.5) is 5.82 Å². The second-order valence-electron chi connectivity index (χ2n) is 3.77. The zero-order valence-electron chi connectivity index (χ0n) is 10.6. The summed E-state index contributed by atoms with van der Waals surface area (Å²) in [5.74, 6) is 0.881. The zero-order valence-corrected chi connectivity index (χ0v) is 11.4. The molecule has 0 amide bonds. The van der Waals surface area contributed by atoms with Crippen LogP contribution in [-0.2, 0) is 11.8 Å². The molecule has 0 aliphatic carbocycles. The Balaban J connectivity index is 2.61. The maximum absolute atomic E-state index is 5.69. The summed E-state index contributed by atoms with van der Waals surface area (Å²) in [5, 5.41) is 7.60. The molecular weight excluding hydrogens is 236 g/mol. The summed E-state index contributed by atoms with van der Waals surface area (Å²) < 4.78 is 7.04. The summed E-state index contributed by atoms with van der Waals surface area (Å²) in [5.41, 5.74) is 7.38. The highest BCUT2D eigenvalue weighted by atomic mass is 32.1. The molecule has 0 aromatic carbocycles. The lowest BCUT2D eigenvalue weighted by Crippen LogP contribution is -2.15. The average molecular weight is 256 g/mol. The molecule has 0 atom stereocenters. The number of nitrogens with zero attached hydrogens (tertiary/aromatic N) is 2. The van der Waals surface area contributed by atoms with Crippen LogP contribution in [0.1, 0.15) is 24.6 Å². The Kier molecular flexibility index (Phi) is 5.37. The van der Waals surface area contributed by atoms with Crippen LogP contribution in [0, 0.1) is 6.92 Å². The van der Waals surface area contributed by atoms with Crippen molar-refractivity contribution >= 4 is 23.0 Å². The van der Waals surface area contributed by atoms with Crippen LogP contribution in [0.2, 0.25) is 0 Å². The summed E-state index contributed by atoms with van der Waals surface area (Å²) in [6, 6.07) is 0. The molecule has 0 saturated heterocycles. The van der Waals surface area contributed by atoms with Gasteiger partial charge in [-0.25, -0.2) is 0 Å². The summed E-state index contributed by atoms with van der Waals surface area (Å²) in [7, 11) is 1.87. The number of anilines is 1. The smallest absolute Gasteiger partial charge is 0.134 e. The monoisotopic (exact) mass is 256 g/mol. The predicted octanol–water partition coefficient (Wildman–Crippen LogP) is 1.20. The third-order valence-electron chi connectivity index (χ3n) is 2.43. The molecule has 17 heavy (non-hydrogen) atoms. The molecular formula is C11H20N4OS.